The van der Waals surface area contributed by atoms with Crippen molar-refractivity contribution in [3.05, 3.63) is 0 Å². The van der Waals surface area contributed by atoms with Crippen LogP contribution in [0.1, 0.15) is 182 Å². The number of esters is 3. The van der Waals surface area contributed by atoms with E-state index in [4.69, 9.17) is 34.6 Å². The van der Waals surface area contributed by atoms with Crippen LogP contribution in [-0.4, -0.2) is 82.9 Å². The monoisotopic (exact) mass is 707 g/mol. The van der Waals surface area contributed by atoms with E-state index >= 15 is 0 Å². The lowest BCUT2D eigenvalue weighted by molar-refractivity contribution is -0.167. The molecule has 0 amide bonds. The van der Waals surface area contributed by atoms with E-state index in [0.717, 1.165) is 89.9 Å². The molecule has 0 bridgehead atoms. The molecule has 49 heavy (non-hydrogen) atoms. The lowest BCUT2D eigenvalue weighted by atomic mass is 10.1. The van der Waals surface area contributed by atoms with Crippen LogP contribution in [-0.2, 0) is 33.4 Å². The first kappa shape index (κ1) is 51.1. The predicted octanol–water partition coefficient (Wildman–Crippen LogP) is 7.83. The molecule has 0 aliphatic carbocycles. The summed E-state index contributed by atoms with van der Waals surface area (Å²) in [5.74, 6) is -1.59. The summed E-state index contributed by atoms with van der Waals surface area (Å²) in [7, 11) is 0. The van der Waals surface area contributed by atoms with E-state index < -0.39 is 18.2 Å². The van der Waals surface area contributed by atoms with Gasteiger partial charge in [-0.15, -0.1) is 0 Å². The van der Waals surface area contributed by atoms with E-state index in [1.54, 1.807) is 0 Å². The normalized spacial score (nSPS) is 10.6. The molecular weight excluding hydrogens is 632 g/mol. The zero-order chi connectivity index (χ0) is 37.4. The molecular formula is C38H74O11. The summed E-state index contributed by atoms with van der Waals surface area (Å²) in [5, 5.41) is 32.3. The zero-order valence-electron chi connectivity index (χ0n) is 31.6. The number of aliphatic hydroxyl groups is 3. The molecule has 0 fully saturated rings. The van der Waals surface area contributed by atoms with Gasteiger partial charge < -0.3 is 34.6 Å². The highest BCUT2D eigenvalue weighted by Crippen LogP contribution is 2.11. The van der Waals surface area contributed by atoms with Gasteiger partial charge in [-0.2, -0.15) is 0 Å². The maximum atomic E-state index is 12.2. The Balaban J connectivity index is -0.00000108. The fraction of sp³-hybridized carbons (Fsp3) is 0.895. The maximum Gasteiger partial charge on any atom is 0.306 e. The van der Waals surface area contributed by atoms with Crippen molar-refractivity contribution < 1.29 is 53.8 Å². The second-order valence-electron chi connectivity index (χ2n) is 12.5. The van der Waals surface area contributed by atoms with Gasteiger partial charge >= 0.3 is 23.9 Å². The average Bonchev–Trinajstić information content (AvgIpc) is 3.09. The minimum absolute atomic E-state index is 0.0703. The number of carboxylic acids is 1. The van der Waals surface area contributed by atoms with Crippen LogP contribution in [0.15, 0.2) is 0 Å². The van der Waals surface area contributed by atoms with E-state index in [1.807, 2.05) is 0 Å². The minimum Gasteiger partial charge on any atom is -0.481 e. The number of aliphatic carboxylic acids is 1. The zero-order valence-corrected chi connectivity index (χ0v) is 31.6. The predicted molar refractivity (Wildman–Crippen MR) is 193 cm³/mol. The molecule has 0 saturated heterocycles. The summed E-state index contributed by atoms with van der Waals surface area (Å²) in [4.78, 5) is 46.3. The van der Waals surface area contributed by atoms with Crippen LogP contribution in [0.2, 0.25) is 0 Å². The van der Waals surface area contributed by atoms with Crippen molar-refractivity contribution in [3.8, 4) is 0 Å². The van der Waals surface area contributed by atoms with Crippen molar-refractivity contribution in [2.24, 2.45) is 0 Å². The molecule has 0 aliphatic heterocycles. The third-order valence-electron chi connectivity index (χ3n) is 7.53. The van der Waals surface area contributed by atoms with Crippen molar-refractivity contribution in [1.29, 1.82) is 0 Å². The molecule has 0 aromatic rings. The standard InChI is InChI=1S/C27H50O6.C8H16O2.C3H8O3/c1-4-7-10-13-16-19-25(28)31-22-24(33-27(30)21-18-15-12-9-6-3)23-32-26(29)20-17-14-11-8-5-2;1-2-3-4-5-6-7-8(9)10;4-1-3(6)2-5/h24H,4-23H2,1-3H3;2-7H2,1H3,(H,9,10);3-6H,1-2H2. The average molecular weight is 707 g/mol. The fourth-order valence-electron chi connectivity index (χ4n) is 4.43. The van der Waals surface area contributed by atoms with Crippen LogP contribution in [0, 0.1) is 0 Å². The smallest absolute Gasteiger partial charge is 0.306 e. The maximum absolute atomic E-state index is 12.2. The van der Waals surface area contributed by atoms with Crippen molar-refractivity contribution in [1.82, 2.24) is 0 Å². The van der Waals surface area contributed by atoms with Crippen molar-refractivity contribution >= 4 is 23.9 Å². The third kappa shape index (κ3) is 45.8. The highest BCUT2D eigenvalue weighted by Gasteiger charge is 2.19. The molecule has 4 N–H and O–H groups in total. The lowest BCUT2D eigenvalue weighted by Gasteiger charge is -2.18. The van der Waals surface area contributed by atoms with E-state index in [9.17, 15) is 19.2 Å². The summed E-state index contributed by atoms with van der Waals surface area (Å²) < 4.78 is 16.1. The third-order valence-corrected chi connectivity index (χ3v) is 7.53. The van der Waals surface area contributed by atoms with E-state index in [2.05, 4.69) is 27.7 Å². The summed E-state index contributed by atoms with van der Waals surface area (Å²) in [6.07, 6.45) is 21.0. The Morgan fingerprint density at radius 3 is 1.06 bits per heavy atom. The van der Waals surface area contributed by atoms with Gasteiger partial charge in [-0.1, -0.05) is 130 Å². The molecule has 0 spiro atoms. The Labute approximate surface area is 297 Å². The molecule has 292 valence electrons. The van der Waals surface area contributed by atoms with Crippen LogP contribution in [0.5, 0.6) is 0 Å². The van der Waals surface area contributed by atoms with Gasteiger partial charge in [0.05, 0.1) is 13.2 Å². The summed E-state index contributed by atoms with van der Waals surface area (Å²) in [6, 6.07) is 0. The number of ether oxygens (including phenoxy) is 3. The molecule has 11 heteroatoms. The molecule has 0 radical (unpaired) electrons. The van der Waals surface area contributed by atoms with Crippen molar-refractivity contribution in [2.45, 2.75) is 194 Å². The van der Waals surface area contributed by atoms with Crippen LogP contribution in [0.25, 0.3) is 0 Å². The number of carboxylic acid groups (broad SMARTS) is 1. The van der Waals surface area contributed by atoms with Crippen LogP contribution < -0.4 is 0 Å². The molecule has 0 rings (SSSR count). The quantitative estimate of drug-likeness (QED) is 0.0314. The summed E-state index contributed by atoms with van der Waals surface area (Å²) >= 11 is 0. The lowest BCUT2D eigenvalue weighted by Crippen LogP contribution is -2.30. The van der Waals surface area contributed by atoms with Crippen LogP contribution in [0.4, 0.5) is 0 Å². The van der Waals surface area contributed by atoms with Gasteiger partial charge in [-0.25, -0.2) is 0 Å². The summed E-state index contributed by atoms with van der Waals surface area (Å²) in [6.45, 7) is 7.74. The molecule has 11 nitrogen and oxygen atoms in total. The van der Waals surface area contributed by atoms with Crippen molar-refractivity contribution in [2.75, 3.05) is 26.4 Å². The molecule has 0 saturated carbocycles. The number of carbonyl (C=O) groups excluding carboxylic acids is 3. The molecule has 0 aliphatic rings. The fourth-order valence-corrected chi connectivity index (χ4v) is 4.43. The topological polar surface area (TPSA) is 177 Å². The van der Waals surface area contributed by atoms with Gasteiger partial charge in [0.2, 0.25) is 0 Å². The van der Waals surface area contributed by atoms with Gasteiger partial charge in [-0.05, 0) is 25.7 Å². The minimum atomic E-state index is -0.954. The Morgan fingerprint density at radius 2 is 0.776 bits per heavy atom. The van der Waals surface area contributed by atoms with Gasteiger partial charge in [0, 0.05) is 25.7 Å². The van der Waals surface area contributed by atoms with Gasteiger partial charge in [-0.3, -0.25) is 19.2 Å². The SMILES string of the molecule is CCCCCCCC(=O)O.CCCCCCCC(=O)OCC(COC(=O)CCCCCCC)OC(=O)CCCCCCC.OCC(O)CO. The first-order chi connectivity index (χ1) is 23.6. The number of carbonyl (C=O) groups is 4. The first-order valence-electron chi connectivity index (χ1n) is 19.2. The molecule has 0 unspecified atom stereocenters. The Kier molecular flexibility index (Phi) is 43.8. The molecule has 0 heterocycles. The highest BCUT2D eigenvalue weighted by atomic mass is 16.6. The Morgan fingerprint density at radius 1 is 0.469 bits per heavy atom. The van der Waals surface area contributed by atoms with E-state index in [1.165, 1.54) is 38.5 Å². The van der Waals surface area contributed by atoms with Crippen LogP contribution >= 0.6 is 0 Å². The van der Waals surface area contributed by atoms with E-state index in [-0.39, 0.29) is 44.3 Å². The second kappa shape index (κ2) is 41.9. The number of unbranched alkanes of at least 4 members (excludes halogenated alkanes) is 16. The Bertz CT molecular complexity index is 711. The number of rotatable bonds is 31. The number of hydrogen-bond donors (Lipinski definition) is 4. The largest absolute Gasteiger partial charge is 0.481 e. The number of hydrogen-bond acceptors (Lipinski definition) is 10. The second-order valence-corrected chi connectivity index (χ2v) is 12.5. The number of aliphatic hydroxyl groups excluding tert-OH is 3. The van der Waals surface area contributed by atoms with Crippen molar-refractivity contribution in [3.63, 3.8) is 0 Å². The van der Waals surface area contributed by atoms with Gasteiger partial charge in [0.15, 0.2) is 6.10 Å². The Hall–Kier alpha value is -2.24. The van der Waals surface area contributed by atoms with E-state index in [0.29, 0.717) is 25.7 Å². The first-order valence-corrected chi connectivity index (χ1v) is 19.2. The van der Waals surface area contributed by atoms with Gasteiger partial charge in [0.1, 0.15) is 19.3 Å². The van der Waals surface area contributed by atoms with Crippen LogP contribution in [0.3, 0.4) is 0 Å². The highest BCUT2D eigenvalue weighted by molar-refractivity contribution is 5.71. The molecule has 0 aromatic carbocycles. The summed E-state index contributed by atoms with van der Waals surface area (Å²) in [5.41, 5.74) is 0. The van der Waals surface area contributed by atoms with Gasteiger partial charge in [0.25, 0.3) is 0 Å². The molecule has 0 aromatic heterocycles. The molecule has 0 atom stereocenters.